The third-order valence-corrected chi connectivity index (χ3v) is 7.48. The molecule has 148 valence electrons. The van der Waals surface area contributed by atoms with Gasteiger partial charge in [-0.05, 0) is 75.4 Å². The van der Waals surface area contributed by atoms with Gasteiger partial charge in [-0.25, -0.2) is 8.42 Å². The highest BCUT2D eigenvalue weighted by Crippen LogP contribution is 2.32. The molecule has 0 aliphatic carbocycles. The van der Waals surface area contributed by atoms with Gasteiger partial charge in [0.05, 0.1) is 4.90 Å². The number of fused-ring (bicyclic) bond motifs is 1. The zero-order valence-electron chi connectivity index (χ0n) is 16.4. The Morgan fingerprint density at radius 3 is 2.25 bits per heavy atom. The molecule has 2 aromatic rings. The second kappa shape index (κ2) is 7.33. The molecule has 0 unspecified atom stereocenters. The lowest BCUT2D eigenvalue weighted by atomic mass is 10.00. The van der Waals surface area contributed by atoms with Crippen LogP contribution in [-0.4, -0.2) is 38.3 Å². The van der Waals surface area contributed by atoms with E-state index in [9.17, 15) is 13.2 Å². The monoisotopic (exact) mass is 398 g/mol. The standard InChI is InChI=1S/C22H26N2O3S/c1-16-12-17(2)14-19(13-16)22(25)24-11-5-6-18-15-20(7-8-21(18)24)28(26,27)23-9-3-4-10-23/h7-8,12-15H,3-6,9-11H2,1-2H3. The van der Waals surface area contributed by atoms with Crippen molar-refractivity contribution in [2.75, 3.05) is 24.5 Å². The van der Waals surface area contributed by atoms with Gasteiger partial charge in [0.25, 0.3) is 5.91 Å². The Kier molecular flexibility index (Phi) is 5.02. The van der Waals surface area contributed by atoms with Crippen LogP contribution < -0.4 is 4.90 Å². The number of anilines is 1. The fourth-order valence-electron chi connectivity index (χ4n) is 4.28. The first-order chi connectivity index (χ1) is 13.4. The van der Waals surface area contributed by atoms with Crippen molar-refractivity contribution in [1.82, 2.24) is 4.31 Å². The molecule has 2 heterocycles. The molecular formula is C22H26N2O3S. The molecule has 28 heavy (non-hydrogen) atoms. The Morgan fingerprint density at radius 1 is 0.893 bits per heavy atom. The van der Waals surface area contributed by atoms with Crippen LogP contribution in [0.3, 0.4) is 0 Å². The molecule has 2 aliphatic heterocycles. The molecular weight excluding hydrogens is 372 g/mol. The normalized spacial score (nSPS) is 17.6. The van der Waals surface area contributed by atoms with Gasteiger partial charge >= 0.3 is 0 Å². The number of rotatable bonds is 3. The Bertz CT molecular complexity index is 1000. The zero-order chi connectivity index (χ0) is 19.9. The van der Waals surface area contributed by atoms with Gasteiger partial charge in [0.2, 0.25) is 10.0 Å². The Labute approximate surface area is 167 Å². The van der Waals surface area contributed by atoms with E-state index in [4.69, 9.17) is 0 Å². The van der Waals surface area contributed by atoms with E-state index >= 15 is 0 Å². The maximum Gasteiger partial charge on any atom is 0.258 e. The van der Waals surface area contributed by atoms with Gasteiger partial charge < -0.3 is 4.90 Å². The lowest BCUT2D eigenvalue weighted by Gasteiger charge is -2.30. The number of nitrogens with zero attached hydrogens (tertiary/aromatic N) is 2. The summed E-state index contributed by atoms with van der Waals surface area (Å²) in [6, 6.07) is 11.1. The van der Waals surface area contributed by atoms with Crippen molar-refractivity contribution in [3.8, 4) is 0 Å². The minimum absolute atomic E-state index is 0.0251. The molecule has 6 heteroatoms. The summed E-state index contributed by atoms with van der Waals surface area (Å²) in [6.07, 6.45) is 3.46. The summed E-state index contributed by atoms with van der Waals surface area (Å²) in [5.74, 6) is -0.0251. The molecule has 1 saturated heterocycles. The van der Waals surface area contributed by atoms with Gasteiger partial charge in [0.15, 0.2) is 0 Å². The fourth-order valence-corrected chi connectivity index (χ4v) is 5.84. The van der Waals surface area contributed by atoms with Crippen molar-refractivity contribution in [3.63, 3.8) is 0 Å². The molecule has 0 radical (unpaired) electrons. The summed E-state index contributed by atoms with van der Waals surface area (Å²) in [7, 11) is -3.44. The number of aryl methyl sites for hydroxylation is 3. The predicted molar refractivity (Wildman–Crippen MR) is 110 cm³/mol. The Morgan fingerprint density at radius 2 is 1.57 bits per heavy atom. The van der Waals surface area contributed by atoms with Gasteiger partial charge in [-0.15, -0.1) is 0 Å². The second-order valence-corrected chi connectivity index (χ2v) is 9.78. The van der Waals surface area contributed by atoms with Crippen molar-refractivity contribution < 1.29 is 13.2 Å². The van der Waals surface area contributed by atoms with Crippen LogP contribution in [0.1, 0.15) is 46.3 Å². The number of carbonyl (C=O) groups is 1. The first kappa shape index (κ1) is 19.2. The van der Waals surface area contributed by atoms with Crippen LogP contribution in [0.2, 0.25) is 0 Å². The largest absolute Gasteiger partial charge is 0.308 e. The van der Waals surface area contributed by atoms with E-state index in [0.29, 0.717) is 30.1 Å². The molecule has 4 rings (SSSR count). The van der Waals surface area contributed by atoms with Gasteiger partial charge in [-0.3, -0.25) is 4.79 Å². The van der Waals surface area contributed by atoms with Gasteiger partial charge in [0, 0.05) is 30.9 Å². The first-order valence-corrected chi connectivity index (χ1v) is 11.3. The minimum atomic E-state index is -3.44. The zero-order valence-corrected chi connectivity index (χ0v) is 17.3. The molecule has 1 fully saturated rings. The number of hydrogen-bond acceptors (Lipinski definition) is 3. The molecule has 0 spiro atoms. The lowest BCUT2D eigenvalue weighted by Crippen LogP contribution is -2.36. The van der Waals surface area contributed by atoms with Crippen LogP contribution >= 0.6 is 0 Å². The molecule has 0 saturated carbocycles. The molecule has 1 amide bonds. The smallest absolute Gasteiger partial charge is 0.258 e. The molecule has 0 aromatic heterocycles. The molecule has 2 aromatic carbocycles. The highest BCUT2D eigenvalue weighted by atomic mass is 32.2. The van der Waals surface area contributed by atoms with Crippen LogP contribution in [-0.2, 0) is 16.4 Å². The summed E-state index contributed by atoms with van der Waals surface area (Å²) in [6.45, 7) is 5.82. The van der Waals surface area contributed by atoms with Crippen molar-refractivity contribution in [2.45, 2.75) is 44.4 Å². The van der Waals surface area contributed by atoms with E-state index in [1.165, 1.54) is 0 Å². The van der Waals surface area contributed by atoms with Crippen LogP contribution in [0.4, 0.5) is 5.69 Å². The van der Waals surface area contributed by atoms with Gasteiger partial charge in [-0.1, -0.05) is 17.2 Å². The third-order valence-electron chi connectivity index (χ3n) is 5.59. The van der Waals surface area contributed by atoms with Crippen molar-refractivity contribution in [1.29, 1.82) is 0 Å². The molecule has 5 nitrogen and oxygen atoms in total. The van der Waals surface area contributed by atoms with Crippen molar-refractivity contribution in [2.24, 2.45) is 0 Å². The number of sulfonamides is 1. The number of hydrogen-bond donors (Lipinski definition) is 0. The molecule has 0 bridgehead atoms. The van der Waals surface area contributed by atoms with Gasteiger partial charge in [-0.2, -0.15) is 4.31 Å². The average Bonchev–Trinajstić information content (AvgIpc) is 3.21. The van der Waals surface area contributed by atoms with Crippen molar-refractivity contribution >= 4 is 21.6 Å². The van der Waals surface area contributed by atoms with Crippen LogP contribution in [0.25, 0.3) is 0 Å². The van der Waals surface area contributed by atoms with E-state index in [2.05, 4.69) is 6.07 Å². The molecule has 2 aliphatic rings. The average molecular weight is 399 g/mol. The topological polar surface area (TPSA) is 57.7 Å². The maximum atomic E-state index is 13.2. The lowest BCUT2D eigenvalue weighted by molar-refractivity contribution is 0.0985. The predicted octanol–water partition coefficient (Wildman–Crippen LogP) is 3.68. The molecule has 0 N–H and O–H groups in total. The fraction of sp³-hybridized carbons (Fsp3) is 0.409. The summed E-state index contributed by atoms with van der Waals surface area (Å²) in [4.78, 5) is 15.3. The van der Waals surface area contributed by atoms with Gasteiger partial charge in [0.1, 0.15) is 0 Å². The number of carbonyl (C=O) groups excluding carboxylic acids is 1. The summed E-state index contributed by atoms with van der Waals surface area (Å²) >= 11 is 0. The van der Waals surface area contributed by atoms with E-state index in [1.54, 1.807) is 27.4 Å². The number of amides is 1. The highest BCUT2D eigenvalue weighted by Gasteiger charge is 2.30. The van der Waals surface area contributed by atoms with Crippen LogP contribution in [0.5, 0.6) is 0 Å². The van der Waals surface area contributed by atoms with E-state index in [-0.39, 0.29) is 5.91 Å². The Hall–Kier alpha value is -2.18. The van der Waals surface area contributed by atoms with E-state index in [1.807, 2.05) is 26.0 Å². The minimum Gasteiger partial charge on any atom is -0.308 e. The van der Waals surface area contributed by atoms with Crippen LogP contribution in [0, 0.1) is 13.8 Å². The second-order valence-electron chi connectivity index (χ2n) is 7.84. The highest BCUT2D eigenvalue weighted by molar-refractivity contribution is 7.89. The Balaban J connectivity index is 1.67. The van der Waals surface area contributed by atoms with Crippen LogP contribution in [0.15, 0.2) is 41.3 Å². The summed E-state index contributed by atoms with van der Waals surface area (Å²) in [5, 5.41) is 0. The van der Waals surface area contributed by atoms with E-state index < -0.39 is 10.0 Å². The number of benzene rings is 2. The van der Waals surface area contributed by atoms with Crippen molar-refractivity contribution in [3.05, 3.63) is 58.7 Å². The van der Waals surface area contributed by atoms with E-state index in [0.717, 1.165) is 48.1 Å². The first-order valence-electron chi connectivity index (χ1n) is 9.89. The summed E-state index contributed by atoms with van der Waals surface area (Å²) < 4.78 is 27.3. The molecule has 0 atom stereocenters. The third kappa shape index (κ3) is 3.47. The SMILES string of the molecule is Cc1cc(C)cc(C(=O)N2CCCc3cc(S(=O)(=O)N4CCCC4)ccc32)c1. The maximum absolute atomic E-state index is 13.2. The summed E-state index contributed by atoms with van der Waals surface area (Å²) in [5.41, 5.74) is 4.57. The quantitative estimate of drug-likeness (QED) is 0.792.